The predicted molar refractivity (Wildman–Crippen MR) is 134 cm³/mol. The maximum Gasteiger partial charge on any atom is 0.229 e. The van der Waals surface area contributed by atoms with Crippen molar-refractivity contribution < 1.29 is 69.3 Å². The SMILES string of the molecule is O=c1cc(-c2ccc(O)c(O)c2)oc2cc(O[C@@H]3OC(CO[C@@H]4OC[C@H](O)[C@H](O)C4O)[C@@H](O)[C@H](O)C3O)cc(O)c12. The summed E-state index contributed by atoms with van der Waals surface area (Å²) in [5.74, 6) is -1.55. The maximum absolute atomic E-state index is 12.7. The lowest BCUT2D eigenvalue weighted by Crippen LogP contribution is -2.61. The van der Waals surface area contributed by atoms with E-state index in [1.54, 1.807) is 0 Å². The molecule has 2 aliphatic rings. The summed E-state index contributed by atoms with van der Waals surface area (Å²) in [7, 11) is 0. The molecule has 0 bridgehead atoms. The lowest BCUT2D eigenvalue weighted by molar-refractivity contribution is -0.307. The largest absolute Gasteiger partial charge is 0.507 e. The van der Waals surface area contributed by atoms with Gasteiger partial charge in [-0.1, -0.05) is 0 Å². The fourth-order valence-corrected chi connectivity index (χ4v) is 4.53. The zero-order chi connectivity index (χ0) is 29.6. The third-order valence-electron chi connectivity index (χ3n) is 6.84. The van der Waals surface area contributed by atoms with E-state index < -0.39 is 78.8 Å². The zero-order valence-electron chi connectivity index (χ0n) is 21.0. The molecule has 2 aliphatic heterocycles. The van der Waals surface area contributed by atoms with Crippen LogP contribution in [0.1, 0.15) is 0 Å². The normalized spacial score (nSPS) is 32.2. The smallest absolute Gasteiger partial charge is 0.229 e. The molecule has 1 aromatic heterocycles. The van der Waals surface area contributed by atoms with E-state index in [1.165, 1.54) is 24.3 Å². The summed E-state index contributed by atoms with van der Waals surface area (Å²) < 4.78 is 27.4. The fraction of sp³-hybridized carbons (Fsp3) is 0.423. The van der Waals surface area contributed by atoms with Gasteiger partial charge in [-0.3, -0.25) is 4.79 Å². The first-order valence-electron chi connectivity index (χ1n) is 12.4. The van der Waals surface area contributed by atoms with Crippen LogP contribution in [0.25, 0.3) is 22.3 Å². The number of aromatic hydroxyl groups is 3. The van der Waals surface area contributed by atoms with E-state index in [0.29, 0.717) is 0 Å². The quantitative estimate of drug-likeness (QED) is 0.146. The lowest BCUT2D eigenvalue weighted by Gasteiger charge is -2.41. The van der Waals surface area contributed by atoms with Gasteiger partial charge in [0.25, 0.3) is 0 Å². The number of benzene rings is 2. The van der Waals surface area contributed by atoms with Crippen LogP contribution in [0.2, 0.25) is 0 Å². The van der Waals surface area contributed by atoms with Crippen molar-refractivity contribution in [3.63, 3.8) is 0 Å². The van der Waals surface area contributed by atoms with Gasteiger partial charge in [0.1, 0.15) is 71.0 Å². The summed E-state index contributed by atoms with van der Waals surface area (Å²) >= 11 is 0. The van der Waals surface area contributed by atoms with Crippen LogP contribution in [0, 0.1) is 0 Å². The Balaban J connectivity index is 1.36. The first kappa shape index (κ1) is 29.0. The van der Waals surface area contributed by atoms with Crippen LogP contribution in [-0.2, 0) is 14.2 Å². The summed E-state index contributed by atoms with van der Waals surface area (Å²) in [5.41, 5.74) is -0.539. The number of phenols is 3. The molecule has 0 spiro atoms. The Morgan fingerprint density at radius 3 is 2.24 bits per heavy atom. The van der Waals surface area contributed by atoms with Crippen LogP contribution < -0.4 is 10.2 Å². The van der Waals surface area contributed by atoms with Crippen molar-refractivity contribution in [2.75, 3.05) is 13.2 Å². The number of hydrogen-bond acceptors (Lipinski definition) is 15. The summed E-state index contributed by atoms with van der Waals surface area (Å²) in [6.45, 7) is -0.836. The molecule has 2 saturated heterocycles. The average molecular weight is 580 g/mol. The minimum Gasteiger partial charge on any atom is -0.507 e. The molecule has 3 heterocycles. The Morgan fingerprint density at radius 2 is 1.51 bits per heavy atom. The molecular weight excluding hydrogens is 552 g/mol. The maximum atomic E-state index is 12.7. The number of hydrogen-bond donors (Lipinski definition) is 9. The standard InChI is InChI=1S/C26H28O15/c27-11-2-1-9(3-12(11)28)16-6-14(30)19-13(29)4-10(5-17(19)40-16)39-26-24(36)22(34)21(33)18(41-26)8-38-25-23(35)20(32)15(31)7-37-25/h1-6,15,18,20-29,31-36H,7-8H2/t15-,18?,20-,21+,22-,23?,24?,25-,26+/m0/s1. The van der Waals surface area contributed by atoms with Gasteiger partial charge >= 0.3 is 0 Å². The number of phenolic OH excluding ortho intramolecular Hbond substituents is 3. The minimum absolute atomic E-state index is 0.0104. The highest BCUT2D eigenvalue weighted by Gasteiger charge is 2.46. The molecule has 9 N–H and O–H groups in total. The average Bonchev–Trinajstić information content (AvgIpc) is 2.93. The van der Waals surface area contributed by atoms with Crippen molar-refractivity contribution in [1.29, 1.82) is 0 Å². The molecule has 0 aliphatic carbocycles. The second-order valence-electron chi connectivity index (χ2n) is 9.71. The second-order valence-corrected chi connectivity index (χ2v) is 9.71. The number of fused-ring (bicyclic) bond motifs is 1. The first-order chi connectivity index (χ1) is 19.4. The molecule has 222 valence electrons. The third kappa shape index (κ3) is 5.67. The fourth-order valence-electron chi connectivity index (χ4n) is 4.53. The molecule has 9 atom stereocenters. The van der Waals surface area contributed by atoms with Crippen LogP contribution >= 0.6 is 0 Å². The van der Waals surface area contributed by atoms with Gasteiger partial charge in [0.05, 0.1) is 13.2 Å². The predicted octanol–water partition coefficient (Wildman–Crippen LogP) is -1.78. The highest BCUT2D eigenvalue weighted by Crippen LogP contribution is 2.35. The van der Waals surface area contributed by atoms with Crippen molar-refractivity contribution in [3.8, 4) is 34.3 Å². The van der Waals surface area contributed by atoms with Crippen LogP contribution in [0.3, 0.4) is 0 Å². The van der Waals surface area contributed by atoms with Crippen molar-refractivity contribution >= 4 is 11.0 Å². The van der Waals surface area contributed by atoms with Crippen LogP contribution in [0.15, 0.2) is 45.6 Å². The van der Waals surface area contributed by atoms with Gasteiger partial charge in [-0.2, -0.15) is 0 Å². The van der Waals surface area contributed by atoms with E-state index >= 15 is 0 Å². The molecule has 15 nitrogen and oxygen atoms in total. The van der Waals surface area contributed by atoms with Crippen molar-refractivity contribution in [2.45, 2.75) is 55.3 Å². The van der Waals surface area contributed by atoms with E-state index in [9.17, 15) is 50.8 Å². The highest BCUT2D eigenvalue weighted by molar-refractivity contribution is 5.86. The summed E-state index contributed by atoms with van der Waals surface area (Å²) in [4.78, 5) is 12.7. The zero-order valence-corrected chi connectivity index (χ0v) is 21.0. The van der Waals surface area contributed by atoms with Crippen molar-refractivity contribution in [1.82, 2.24) is 0 Å². The van der Waals surface area contributed by atoms with Crippen LogP contribution in [-0.4, -0.2) is 114 Å². The summed E-state index contributed by atoms with van der Waals surface area (Å²) in [6.07, 6.45) is -14.1. The van der Waals surface area contributed by atoms with Crippen LogP contribution in [0.5, 0.6) is 23.0 Å². The highest BCUT2D eigenvalue weighted by atomic mass is 16.7. The van der Waals surface area contributed by atoms with Crippen LogP contribution in [0.4, 0.5) is 0 Å². The molecule has 3 aromatic rings. The molecule has 15 heteroatoms. The summed E-state index contributed by atoms with van der Waals surface area (Å²) in [5, 5.41) is 90.3. The lowest BCUT2D eigenvalue weighted by atomic mass is 9.99. The molecule has 2 aromatic carbocycles. The van der Waals surface area contributed by atoms with Gasteiger partial charge in [-0.25, -0.2) is 0 Å². The van der Waals surface area contributed by atoms with Crippen molar-refractivity contribution in [2.24, 2.45) is 0 Å². The van der Waals surface area contributed by atoms with Gasteiger partial charge in [-0.05, 0) is 18.2 Å². The van der Waals surface area contributed by atoms with Gasteiger partial charge in [-0.15, -0.1) is 0 Å². The van der Waals surface area contributed by atoms with Gasteiger partial charge in [0.2, 0.25) is 6.29 Å². The molecule has 3 unspecified atom stereocenters. The third-order valence-corrected chi connectivity index (χ3v) is 6.84. The molecule has 0 saturated carbocycles. The van der Waals surface area contributed by atoms with Gasteiger partial charge in [0, 0.05) is 23.8 Å². The second kappa shape index (κ2) is 11.4. The minimum atomic E-state index is -1.79. The Labute approximate surface area is 230 Å². The Bertz CT molecular complexity index is 1460. The summed E-state index contributed by atoms with van der Waals surface area (Å²) in [6, 6.07) is 7.08. The molecule has 2 fully saturated rings. The molecule has 0 amide bonds. The molecule has 0 radical (unpaired) electrons. The first-order valence-corrected chi connectivity index (χ1v) is 12.4. The van der Waals surface area contributed by atoms with E-state index in [1.807, 2.05) is 0 Å². The van der Waals surface area contributed by atoms with E-state index in [2.05, 4.69) is 0 Å². The van der Waals surface area contributed by atoms with Crippen molar-refractivity contribution in [3.05, 3.63) is 46.6 Å². The van der Waals surface area contributed by atoms with E-state index in [0.717, 1.165) is 12.1 Å². The Hall–Kier alpha value is -3.51. The van der Waals surface area contributed by atoms with E-state index in [4.69, 9.17) is 23.4 Å². The number of ether oxygens (including phenoxy) is 4. The Morgan fingerprint density at radius 1 is 0.780 bits per heavy atom. The monoisotopic (exact) mass is 580 g/mol. The number of rotatable bonds is 6. The van der Waals surface area contributed by atoms with Gasteiger partial charge in [0.15, 0.2) is 23.2 Å². The molecule has 5 rings (SSSR count). The Kier molecular flexibility index (Phi) is 8.06. The van der Waals surface area contributed by atoms with E-state index in [-0.39, 0.29) is 40.4 Å². The van der Waals surface area contributed by atoms with Gasteiger partial charge < -0.3 is 69.3 Å². The number of aliphatic hydroxyl groups is 6. The molecule has 41 heavy (non-hydrogen) atoms. The topological polar surface area (TPSA) is 249 Å². The molecular formula is C26H28O15. The number of aliphatic hydroxyl groups excluding tert-OH is 6.